The lowest BCUT2D eigenvalue weighted by molar-refractivity contribution is -0.146. The fourth-order valence-corrected chi connectivity index (χ4v) is 2.64. The molecule has 2 rings (SSSR count). The molecule has 1 heterocycles. The van der Waals surface area contributed by atoms with E-state index in [9.17, 15) is 19.5 Å². The van der Waals surface area contributed by atoms with Gasteiger partial charge >= 0.3 is 5.97 Å². The van der Waals surface area contributed by atoms with Crippen molar-refractivity contribution in [1.82, 2.24) is 4.90 Å². The van der Waals surface area contributed by atoms with Gasteiger partial charge in [-0.3, -0.25) is 14.4 Å². The number of hydrogen-bond donors (Lipinski definition) is 1. The van der Waals surface area contributed by atoms with Crippen LogP contribution in [0, 0.1) is 0 Å². The second kappa shape index (κ2) is 6.19. The molecular weight excluding hydrogens is 310 g/mol. The van der Waals surface area contributed by atoms with E-state index in [0.29, 0.717) is 10.6 Å². The first-order valence-electron chi connectivity index (χ1n) is 6.44. The third-order valence-corrected chi connectivity index (χ3v) is 3.75. The van der Waals surface area contributed by atoms with Gasteiger partial charge in [0.1, 0.15) is 6.54 Å². The van der Waals surface area contributed by atoms with Crippen LogP contribution in [0.2, 0.25) is 5.02 Å². The van der Waals surface area contributed by atoms with Crippen LogP contribution in [0.1, 0.15) is 18.5 Å². The van der Waals surface area contributed by atoms with Crippen molar-refractivity contribution in [3.05, 3.63) is 46.2 Å². The number of hydrogen-bond acceptors (Lipinski definition) is 5. The van der Waals surface area contributed by atoms with Gasteiger partial charge in [-0.2, -0.15) is 0 Å². The fraction of sp³-hybridized carbons (Fsp3) is 0.267. The highest BCUT2D eigenvalue weighted by Crippen LogP contribution is 2.40. The second-order valence-corrected chi connectivity index (χ2v) is 5.16. The van der Waals surface area contributed by atoms with Crippen molar-refractivity contribution < 1.29 is 24.2 Å². The van der Waals surface area contributed by atoms with E-state index in [1.807, 2.05) is 0 Å². The largest absolute Gasteiger partial charge is 0.503 e. The van der Waals surface area contributed by atoms with Gasteiger partial charge in [-0.15, -0.1) is 0 Å². The van der Waals surface area contributed by atoms with Gasteiger partial charge in [0, 0.05) is 5.02 Å². The van der Waals surface area contributed by atoms with E-state index in [2.05, 4.69) is 4.74 Å². The number of aliphatic hydroxyl groups is 1. The number of aliphatic hydroxyl groups excluding tert-OH is 1. The summed E-state index contributed by atoms with van der Waals surface area (Å²) in [6.45, 7) is 0.844. The number of benzene rings is 1. The molecule has 22 heavy (non-hydrogen) atoms. The molecule has 7 heteroatoms. The second-order valence-electron chi connectivity index (χ2n) is 4.75. The summed E-state index contributed by atoms with van der Waals surface area (Å²) in [7, 11) is 1.19. The van der Waals surface area contributed by atoms with Crippen LogP contribution in [0.4, 0.5) is 0 Å². The minimum atomic E-state index is -0.919. The summed E-state index contributed by atoms with van der Waals surface area (Å²) < 4.78 is 4.55. The molecule has 1 aliphatic heterocycles. The van der Waals surface area contributed by atoms with Crippen LogP contribution in [-0.4, -0.2) is 41.3 Å². The molecule has 116 valence electrons. The molecule has 1 amide bonds. The minimum Gasteiger partial charge on any atom is -0.503 e. The monoisotopic (exact) mass is 323 g/mol. The molecular formula is C15H14ClNO5. The Labute approximate surface area is 131 Å². The molecule has 0 spiro atoms. The number of methoxy groups -OCH3 is 1. The maximum absolute atomic E-state index is 12.2. The zero-order chi connectivity index (χ0) is 16.4. The zero-order valence-corrected chi connectivity index (χ0v) is 12.8. The lowest BCUT2D eigenvalue weighted by Gasteiger charge is -2.26. The normalized spacial score (nSPS) is 17.9. The lowest BCUT2D eigenvalue weighted by Crippen LogP contribution is -2.36. The third kappa shape index (κ3) is 2.69. The van der Waals surface area contributed by atoms with Crippen molar-refractivity contribution in [2.45, 2.75) is 13.0 Å². The number of carbonyl (C=O) groups is 3. The number of halogens is 1. The average molecular weight is 324 g/mol. The molecule has 0 aromatic heterocycles. The van der Waals surface area contributed by atoms with Crippen molar-refractivity contribution in [1.29, 1.82) is 0 Å². The van der Waals surface area contributed by atoms with E-state index >= 15 is 0 Å². The van der Waals surface area contributed by atoms with Gasteiger partial charge in [0.05, 0.1) is 18.7 Å². The smallest absolute Gasteiger partial charge is 0.325 e. The van der Waals surface area contributed by atoms with Gasteiger partial charge in [-0.05, 0) is 18.6 Å². The fourth-order valence-electron chi connectivity index (χ4n) is 2.40. The number of rotatable bonds is 4. The summed E-state index contributed by atoms with van der Waals surface area (Å²) in [4.78, 5) is 36.6. The number of esters is 1. The van der Waals surface area contributed by atoms with Gasteiger partial charge < -0.3 is 14.7 Å². The Kier molecular flexibility index (Phi) is 4.51. The summed E-state index contributed by atoms with van der Waals surface area (Å²) in [6, 6.07) is 5.70. The molecule has 0 fully saturated rings. The molecule has 0 bridgehead atoms. The standard InChI is InChI=1S/C15H14ClNO5/c1-8(18)12-13(9-5-3-4-6-10(9)16)17(7-11(19)22-2)15(21)14(12)20/h3-6,13,20H,7H2,1-2H3/t13-/m0/s1. The van der Waals surface area contributed by atoms with Crippen molar-refractivity contribution in [2.24, 2.45) is 0 Å². The Morgan fingerprint density at radius 2 is 2.00 bits per heavy atom. The molecule has 1 aliphatic rings. The molecule has 6 nitrogen and oxygen atoms in total. The number of carbonyl (C=O) groups excluding carboxylic acids is 3. The molecule has 0 radical (unpaired) electrons. The first-order valence-corrected chi connectivity index (χ1v) is 6.82. The quantitative estimate of drug-likeness (QED) is 0.854. The van der Waals surface area contributed by atoms with Crippen molar-refractivity contribution in [3.63, 3.8) is 0 Å². The van der Waals surface area contributed by atoms with Crippen LogP contribution in [0.5, 0.6) is 0 Å². The highest BCUT2D eigenvalue weighted by Gasteiger charge is 2.43. The first-order chi connectivity index (χ1) is 10.4. The van der Waals surface area contributed by atoms with E-state index in [1.165, 1.54) is 14.0 Å². The van der Waals surface area contributed by atoms with Crippen LogP contribution >= 0.6 is 11.6 Å². The Morgan fingerprint density at radius 3 is 2.55 bits per heavy atom. The number of ether oxygens (including phenoxy) is 1. The van der Waals surface area contributed by atoms with Gasteiger partial charge in [0.25, 0.3) is 5.91 Å². The Morgan fingerprint density at radius 1 is 1.36 bits per heavy atom. The first kappa shape index (κ1) is 16.0. The van der Waals surface area contributed by atoms with Gasteiger partial charge in [0.15, 0.2) is 11.5 Å². The molecule has 1 aromatic rings. The molecule has 0 unspecified atom stereocenters. The van der Waals surface area contributed by atoms with E-state index in [1.54, 1.807) is 24.3 Å². The molecule has 0 saturated carbocycles. The average Bonchev–Trinajstić information content (AvgIpc) is 2.72. The predicted octanol–water partition coefficient (Wildman–Crippen LogP) is 1.80. The summed E-state index contributed by atoms with van der Waals surface area (Å²) >= 11 is 6.14. The summed E-state index contributed by atoms with van der Waals surface area (Å²) in [6.07, 6.45) is 0. The van der Waals surface area contributed by atoms with E-state index in [0.717, 1.165) is 4.90 Å². The highest BCUT2D eigenvalue weighted by molar-refractivity contribution is 6.31. The number of amides is 1. The minimum absolute atomic E-state index is 0.0815. The number of Topliss-reactive ketones (excluding diaryl/α,β-unsaturated/α-hetero) is 1. The molecule has 1 N–H and O–H groups in total. The van der Waals surface area contributed by atoms with Gasteiger partial charge in [-0.25, -0.2) is 0 Å². The molecule has 1 atom stereocenters. The Bertz CT molecular complexity index is 682. The Hall–Kier alpha value is -2.34. The van der Waals surface area contributed by atoms with Crippen LogP contribution in [-0.2, 0) is 19.1 Å². The molecule has 0 aliphatic carbocycles. The molecule has 1 aromatic carbocycles. The van der Waals surface area contributed by atoms with E-state index in [-0.39, 0.29) is 5.57 Å². The van der Waals surface area contributed by atoms with Crippen LogP contribution in [0.25, 0.3) is 0 Å². The van der Waals surface area contributed by atoms with Crippen molar-refractivity contribution in [2.75, 3.05) is 13.7 Å². The van der Waals surface area contributed by atoms with Crippen LogP contribution in [0.3, 0.4) is 0 Å². The SMILES string of the molecule is COC(=O)CN1C(=O)C(O)=C(C(C)=O)[C@@H]1c1ccccc1Cl. The lowest BCUT2D eigenvalue weighted by atomic mass is 9.97. The zero-order valence-electron chi connectivity index (χ0n) is 12.0. The van der Waals surface area contributed by atoms with E-state index in [4.69, 9.17) is 11.6 Å². The summed E-state index contributed by atoms with van der Waals surface area (Å²) in [5, 5.41) is 10.3. The van der Waals surface area contributed by atoms with E-state index < -0.39 is 36.0 Å². The number of nitrogens with zero attached hydrogens (tertiary/aromatic N) is 1. The molecule has 0 saturated heterocycles. The van der Waals surface area contributed by atoms with Crippen LogP contribution < -0.4 is 0 Å². The van der Waals surface area contributed by atoms with Crippen molar-refractivity contribution >= 4 is 29.3 Å². The Balaban J connectivity index is 2.56. The number of ketones is 1. The predicted molar refractivity (Wildman–Crippen MR) is 78.3 cm³/mol. The topological polar surface area (TPSA) is 83.9 Å². The highest BCUT2D eigenvalue weighted by atomic mass is 35.5. The summed E-state index contributed by atoms with van der Waals surface area (Å²) in [5.74, 6) is -2.60. The maximum atomic E-state index is 12.2. The van der Waals surface area contributed by atoms with Crippen LogP contribution in [0.15, 0.2) is 35.6 Å². The third-order valence-electron chi connectivity index (χ3n) is 3.41. The van der Waals surface area contributed by atoms with Crippen molar-refractivity contribution in [3.8, 4) is 0 Å². The van der Waals surface area contributed by atoms with Gasteiger partial charge in [-0.1, -0.05) is 29.8 Å². The maximum Gasteiger partial charge on any atom is 0.325 e. The van der Waals surface area contributed by atoms with Gasteiger partial charge in [0.2, 0.25) is 0 Å². The summed E-state index contributed by atoms with van der Waals surface area (Å²) in [5.41, 5.74) is 0.373.